The molecule has 2 amide bonds. The van der Waals surface area contributed by atoms with Crippen LogP contribution in [0.5, 0.6) is 0 Å². The number of halogens is 2. The molecule has 4 rings (SSSR count). The van der Waals surface area contributed by atoms with Crippen molar-refractivity contribution in [1.82, 2.24) is 15.1 Å². The number of hydrogen-bond acceptors (Lipinski definition) is 6. The van der Waals surface area contributed by atoms with Gasteiger partial charge < -0.3 is 9.84 Å². The highest BCUT2D eigenvalue weighted by Crippen LogP contribution is 2.40. The molecule has 0 radical (unpaired) electrons. The Morgan fingerprint density at radius 1 is 1.09 bits per heavy atom. The summed E-state index contributed by atoms with van der Waals surface area (Å²) in [5, 5.41) is 6.59. The van der Waals surface area contributed by atoms with Crippen LogP contribution in [0.25, 0.3) is 22.5 Å². The Hall–Kier alpha value is -4.11. The van der Waals surface area contributed by atoms with Crippen molar-refractivity contribution in [3.63, 3.8) is 0 Å². The van der Waals surface area contributed by atoms with Gasteiger partial charge in [0, 0.05) is 31.2 Å². The molecule has 0 aliphatic rings. The normalized spacial score (nSPS) is 10.7. The smallest absolute Gasteiger partial charge is 0.228 e. The molecule has 8 nitrogen and oxygen atoms in total. The Balaban J connectivity index is 1.93. The van der Waals surface area contributed by atoms with E-state index < -0.39 is 11.7 Å². The predicted octanol–water partition coefficient (Wildman–Crippen LogP) is 5.23. The molecule has 4 aromatic rings. The quantitative estimate of drug-likeness (QED) is 0.433. The van der Waals surface area contributed by atoms with E-state index in [0.29, 0.717) is 22.4 Å². The Morgan fingerprint density at radius 3 is 2.55 bits per heavy atom. The lowest BCUT2D eigenvalue weighted by Gasteiger charge is -2.24. The first-order valence-corrected chi connectivity index (χ1v) is 10.1. The molecular weight excluding hydrogens is 449 g/mol. The lowest BCUT2D eigenvalue weighted by Crippen LogP contribution is -2.24. The molecule has 10 heteroatoms. The Morgan fingerprint density at radius 2 is 1.88 bits per heavy atom. The molecule has 1 N–H and O–H groups in total. The number of benzene rings is 2. The van der Waals surface area contributed by atoms with Crippen molar-refractivity contribution < 1.29 is 18.5 Å². The van der Waals surface area contributed by atoms with Gasteiger partial charge in [0.2, 0.25) is 11.8 Å². The van der Waals surface area contributed by atoms with Crippen LogP contribution in [0.2, 0.25) is 5.02 Å². The molecule has 2 aromatic heterocycles. The number of para-hydroxylation sites is 1. The third kappa shape index (κ3) is 4.58. The Kier molecular flexibility index (Phi) is 6.14. The zero-order valence-electron chi connectivity index (χ0n) is 17.5. The Labute approximate surface area is 193 Å². The van der Waals surface area contributed by atoms with Gasteiger partial charge in [-0.15, -0.1) is 0 Å². The summed E-state index contributed by atoms with van der Waals surface area (Å²) in [5.74, 6) is -1.02. The van der Waals surface area contributed by atoms with Crippen LogP contribution in [0.15, 0.2) is 65.6 Å². The lowest BCUT2D eigenvalue weighted by atomic mass is 9.99. The number of anilines is 3. The molecule has 33 heavy (non-hydrogen) atoms. The van der Waals surface area contributed by atoms with E-state index in [1.807, 2.05) is 0 Å². The summed E-state index contributed by atoms with van der Waals surface area (Å²) in [7, 11) is 0. The third-order valence-corrected chi connectivity index (χ3v) is 5.00. The number of carbonyl (C=O) groups excluding carboxylic acids is 2. The average Bonchev–Trinajstić information content (AvgIpc) is 3.30. The van der Waals surface area contributed by atoms with Crippen LogP contribution in [0.1, 0.15) is 13.8 Å². The standard InChI is InChI=1S/C23H17ClFN5O3/c1-13(31)28-22-7-8-26-23(29-22)17-9-19(25)21(10-16(17)15-11-27-33-12-15)30(14(2)32)20-6-4-3-5-18(20)24/h3-12H,1-2H3,(H,26,28,29,31). The molecule has 0 saturated carbocycles. The molecule has 166 valence electrons. The SMILES string of the molecule is CC(=O)Nc1ccnc(-c2cc(F)c(N(C(C)=O)c3ccccc3Cl)cc2-c2cnoc2)n1. The molecule has 0 bridgehead atoms. The molecule has 0 spiro atoms. The van der Waals surface area contributed by atoms with Crippen LogP contribution in [0, 0.1) is 5.82 Å². The van der Waals surface area contributed by atoms with Crippen molar-refractivity contribution in [3.05, 3.63) is 72.0 Å². The van der Waals surface area contributed by atoms with Crippen molar-refractivity contribution in [3.8, 4) is 22.5 Å². The molecule has 0 saturated heterocycles. The van der Waals surface area contributed by atoms with Gasteiger partial charge in [-0.05, 0) is 35.9 Å². The highest BCUT2D eigenvalue weighted by Gasteiger charge is 2.24. The van der Waals surface area contributed by atoms with Crippen LogP contribution in [-0.4, -0.2) is 26.9 Å². The van der Waals surface area contributed by atoms with Gasteiger partial charge in [-0.1, -0.05) is 28.9 Å². The molecule has 0 unspecified atom stereocenters. The van der Waals surface area contributed by atoms with Crippen molar-refractivity contribution in [2.75, 3.05) is 10.2 Å². The summed E-state index contributed by atoms with van der Waals surface area (Å²) in [6.45, 7) is 2.67. The summed E-state index contributed by atoms with van der Waals surface area (Å²) in [6, 6.07) is 10.9. The molecule has 0 fully saturated rings. The molecule has 0 aliphatic heterocycles. The van der Waals surface area contributed by atoms with E-state index in [-0.39, 0.29) is 28.3 Å². The monoisotopic (exact) mass is 465 g/mol. The molecule has 2 aromatic carbocycles. The van der Waals surface area contributed by atoms with Gasteiger partial charge in [-0.25, -0.2) is 14.4 Å². The summed E-state index contributed by atoms with van der Waals surface area (Å²) >= 11 is 6.29. The van der Waals surface area contributed by atoms with E-state index in [0.717, 1.165) is 0 Å². The maximum Gasteiger partial charge on any atom is 0.228 e. The van der Waals surface area contributed by atoms with Crippen molar-refractivity contribution in [2.24, 2.45) is 0 Å². The van der Waals surface area contributed by atoms with E-state index in [1.165, 1.54) is 55.6 Å². The number of amides is 2. The fourth-order valence-electron chi connectivity index (χ4n) is 3.34. The fraction of sp³-hybridized carbons (Fsp3) is 0.0870. The fourth-order valence-corrected chi connectivity index (χ4v) is 3.56. The van der Waals surface area contributed by atoms with Crippen molar-refractivity contribution in [1.29, 1.82) is 0 Å². The first kappa shape index (κ1) is 22.1. The van der Waals surface area contributed by atoms with Crippen molar-refractivity contribution in [2.45, 2.75) is 13.8 Å². The third-order valence-electron chi connectivity index (χ3n) is 4.68. The van der Waals surface area contributed by atoms with Gasteiger partial charge in [0.25, 0.3) is 0 Å². The van der Waals surface area contributed by atoms with Crippen LogP contribution in [0.4, 0.5) is 21.6 Å². The molecule has 0 aliphatic carbocycles. The molecular formula is C23H17ClFN5O3. The van der Waals surface area contributed by atoms with Crippen molar-refractivity contribution >= 4 is 40.6 Å². The van der Waals surface area contributed by atoms with E-state index in [2.05, 4.69) is 20.4 Å². The minimum atomic E-state index is -0.700. The lowest BCUT2D eigenvalue weighted by molar-refractivity contribution is -0.116. The first-order chi connectivity index (χ1) is 15.8. The van der Waals surface area contributed by atoms with Crippen LogP contribution < -0.4 is 10.2 Å². The molecule has 2 heterocycles. The van der Waals surface area contributed by atoms with Gasteiger partial charge in [-0.2, -0.15) is 0 Å². The highest BCUT2D eigenvalue weighted by molar-refractivity contribution is 6.34. The summed E-state index contributed by atoms with van der Waals surface area (Å²) in [5.41, 5.74) is 1.61. The van der Waals surface area contributed by atoms with E-state index in [1.54, 1.807) is 24.3 Å². The average molecular weight is 466 g/mol. The van der Waals surface area contributed by atoms with Gasteiger partial charge in [0.1, 0.15) is 17.9 Å². The predicted molar refractivity (Wildman–Crippen MR) is 121 cm³/mol. The number of carbonyl (C=O) groups is 2. The van der Waals surface area contributed by atoms with Gasteiger partial charge >= 0.3 is 0 Å². The zero-order valence-corrected chi connectivity index (χ0v) is 18.3. The minimum absolute atomic E-state index is 0.0198. The highest BCUT2D eigenvalue weighted by atomic mass is 35.5. The zero-order chi connectivity index (χ0) is 23.5. The van der Waals surface area contributed by atoms with E-state index in [4.69, 9.17) is 16.1 Å². The van der Waals surface area contributed by atoms with E-state index >= 15 is 4.39 Å². The number of nitrogens with one attached hydrogen (secondary N) is 1. The Bertz CT molecular complexity index is 1340. The van der Waals surface area contributed by atoms with Gasteiger partial charge in [0.15, 0.2) is 5.82 Å². The van der Waals surface area contributed by atoms with E-state index in [9.17, 15) is 9.59 Å². The number of nitrogens with zero attached hydrogens (tertiary/aromatic N) is 4. The largest absolute Gasteiger partial charge is 0.364 e. The second-order valence-corrected chi connectivity index (χ2v) is 7.42. The number of aromatic nitrogens is 3. The first-order valence-electron chi connectivity index (χ1n) is 9.74. The second-order valence-electron chi connectivity index (χ2n) is 7.01. The van der Waals surface area contributed by atoms with Crippen LogP contribution in [-0.2, 0) is 9.59 Å². The van der Waals surface area contributed by atoms with Crippen LogP contribution >= 0.6 is 11.6 Å². The van der Waals surface area contributed by atoms with Crippen LogP contribution in [0.3, 0.4) is 0 Å². The maximum absolute atomic E-state index is 15.5. The summed E-state index contributed by atoms with van der Waals surface area (Å²) < 4.78 is 20.5. The second kappa shape index (κ2) is 9.17. The summed E-state index contributed by atoms with van der Waals surface area (Å²) in [6.07, 6.45) is 4.28. The maximum atomic E-state index is 15.5. The van der Waals surface area contributed by atoms with Gasteiger partial charge in [-0.3, -0.25) is 14.5 Å². The summed E-state index contributed by atoms with van der Waals surface area (Å²) in [4.78, 5) is 33.7. The minimum Gasteiger partial charge on any atom is -0.364 e. The van der Waals surface area contributed by atoms with Gasteiger partial charge in [0.05, 0.1) is 22.6 Å². The molecule has 0 atom stereocenters. The topological polar surface area (TPSA) is 101 Å². The number of hydrogen-bond donors (Lipinski definition) is 1. The number of rotatable bonds is 5.